The first-order chi connectivity index (χ1) is 8.39. The maximum atomic E-state index is 11.5. The number of ether oxygens (including phenoxy) is 1. The summed E-state index contributed by atoms with van der Waals surface area (Å²) >= 11 is 0. The summed E-state index contributed by atoms with van der Waals surface area (Å²) in [4.78, 5) is 15.5. The van der Waals surface area contributed by atoms with Gasteiger partial charge in [-0.1, -0.05) is 19.8 Å². The molecule has 0 aromatic carbocycles. The summed E-state index contributed by atoms with van der Waals surface area (Å²) in [6.45, 7) is 8.70. The molecule has 0 aliphatic carbocycles. The zero-order valence-corrected chi connectivity index (χ0v) is 12.3. The van der Waals surface area contributed by atoms with Crippen LogP contribution in [0.3, 0.4) is 0 Å². The van der Waals surface area contributed by atoms with Gasteiger partial charge in [-0.25, -0.2) is 0 Å². The summed E-state index contributed by atoms with van der Waals surface area (Å²) in [7, 11) is 1.68. The second-order valence-corrected chi connectivity index (χ2v) is 5.15. The molecule has 0 fully saturated rings. The van der Waals surface area contributed by atoms with E-state index in [0.29, 0.717) is 5.96 Å². The van der Waals surface area contributed by atoms with Gasteiger partial charge in [0, 0.05) is 13.6 Å². The molecule has 2 N–H and O–H groups in total. The minimum absolute atomic E-state index is 0.130. The molecular formula is C13H27N3O2. The molecule has 0 saturated carbocycles. The molecule has 0 saturated heterocycles. The lowest BCUT2D eigenvalue weighted by atomic mass is 10.2. The monoisotopic (exact) mass is 257 g/mol. The minimum atomic E-state index is -0.448. The third kappa shape index (κ3) is 9.93. The second-order valence-electron chi connectivity index (χ2n) is 5.15. The third-order valence-electron chi connectivity index (χ3n) is 2.12. The van der Waals surface area contributed by atoms with Crippen molar-refractivity contribution in [1.29, 1.82) is 0 Å². The van der Waals surface area contributed by atoms with Crippen LogP contribution in [-0.2, 0) is 9.53 Å². The number of unbranched alkanes of at least 4 members (excludes halogenated alkanes) is 2. The van der Waals surface area contributed by atoms with Crippen molar-refractivity contribution in [2.24, 2.45) is 4.99 Å². The van der Waals surface area contributed by atoms with Gasteiger partial charge >= 0.3 is 5.97 Å². The molecule has 0 radical (unpaired) electrons. The van der Waals surface area contributed by atoms with Gasteiger partial charge in [0.05, 0.1) is 0 Å². The first-order valence-electron chi connectivity index (χ1n) is 6.55. The van der Waals surface area contributed by atoms with E-state index < -0.39 is 5.60 Å². The van der Waals surface area contributed by atoms with Crippen LogP contribution < -0.4 is 10.6 Å². The summed E-state index contributed by atoms with van der Waals surface area (Å²) in [5.74, 6) is 0.357. The van der Waals surface area contributed by atoms with E-state index >= 15 is 0 Å². The van der Waals surface area contributed by atoms with Crippen molar-refractivity contribution in [2.75, 3.05) is 20.1 Å². The van der Waals surface area contributed by atoms with Gasteiger partial charge in [-0.3, -0.25) is 9.79 Å². The maximum absolute atomic E-state index is 11.5. The number of hydrogen-bond donors (Lipinski definition) is 2. The van der Waals surface area contributed by atoms with Gasteiger partial charge in [-0.2, -0.15) is 0 Å². The average Bonchev–Trinajstić information content (AvgIpc) is 2.26. The van der Waals surface area contributed by atoms with Gasteiger partial charge in [-0.15, -0.1) is 0 Å². The number of guanidine groups is 1. The summed E-state index contributed by atoms with van der Waals surface area (Å²) in [6.07, 6.45) is 3.48. The SMILES string of the molecule is CCCCCNC(=NC)NCC(=O)OC(C)(C)C. The van der Waals surface area contributed by atoms with E-state index in [4.69, 9.17) is 4.74 Å². The lowest BCUT2D eigenvalue weighted by Gasteiger charge is -2.20. The Balaban J connectivity index is 3.84. The van der Waals surface area contributed by atoms with Crippen molar-refractivity contribution in [1.82, 2.24) is 10.6 Å². The van der Waals surface area contributed by atoms with E-state index in [9.17, 15) is 4.79 Å². The van der Waals surface area contributed by atoms with E-state index in [0.717, 1.165) is 13.0 Å². The van der Waals surface area contributed by atoms with Gasteiger partial charge in [0.25, 0.3) is 0 Å². The zero-order valence-electron chi connectivity index (χ0n) is 12.3. The van der Waals surface area contributed by atoms with Gasteiger partial charge in [-0.05, 0) is 27.2 Å². The maximum Gasteiger partial charge on any atom is 0.325 e. The Labute approximate surface area is 110 Å². The highest BCUT2D eigenvalue weighted by Crippen LogP contribution is 2.06. The third-order valence-corrected chi connectivity index (χ3v) is 2.12. The molecule has 0 rings (SSSR count). The molecule has 0 atom stereocenters. The van der Waals surface area contributed by atoms with E-state index in [1.165, 1.54) is 12.8 Å². The van der Waals surface area contributed by atoms with Gasteiger partial charge in [0.2, 0.25) is 0 Å². The number of esters is 1. The normalized spacial score (nSPS) is 12.2. The quantitative estimate of drug-likeness (QED) is 0.329. The number of nitrogens with one attached hydrogen (secondary N) is 2. The Hall–Kier alpha value is -1.26. The molecule has 0 amide bonds. The van der Waals surface area contributed by atoms with Crippen molar-refractivity contribution >= 4 is 11.9 Å². The van der Waals surface area contributed by atoms with Crippen LogP contribution in [-0.4, -0.2) is 37.7 Å². The molecule has 5 heteroatoms. The molecule has 0 spiro atoms. The molecule has 18 heavy (non-hydrogen) atoms. The predicted octanol–water partition coefficient (Wildman–Crippen LogP) is 1.68. The molecule has 0 unspecified atom stereocenters. The van der Waals surface area contributed by atoms with Gasteiger partial charge in [0.15, 0.2) is 5.96 Å². The van der Waals surface area contributed by atoms with Crippen LogP contribution in [0.25, 0.3) is 0 Å². The molecule has 0 aliphatic rings. The second kappa shape index (κ2) is 8.78. The number of aliphatic imine (C=N–C) groups is 1. The van der Waals surface area contributed by atoms with Crippen molar-refractivity contribution in [3.05, 3.63) is 0 Å². The smallest absolute Gasteiger partial charge is 0.325 e. The zero-order chi connectivity index (χ0) is 14.0. The predicted molar refractivity (Wildman–Crippen MR) is 74.7 cm³/mol. The Morgan fingerprint density at radius 3 is 2.39 bits per heavy atom. The van der Waals surface area contributed by atoms with Crippen LogP contribution in [0.15, 0.2) is 4.99 Å². The average molecular weight is 257 g/mol. The van der Waals surface area contributed by atoms with Crippen LogP contribution >= 0.6 is 0 Å². The van der Waals surface area contributed by atoms with Crippen molar-refractivity contribution in [2.45, 2.75) is 52.6 Å². The van der Waals surface area contributed by atoms with Crippen molar-refractivity contribution in [3.8, 4) is 0 Å². The summed E-state index contributed by atoms with van der Waals surface area (Å²) in [5.41, 5.74) is -0.448. The number of rotatable bonds is 6. The molecular weight excluding hydrogens is 230 g/mol. The largest absolute Gasteiger partial charge is 0.459 e. The highest BCUT2D eigenvalue weighted by atomic mass is 16.6. The van der Waals surface area contributed by atoms with Crippen LogP contribution in [0.2, 0.25) is 0 Å². The number of carbonyl (C=O) groups excluding carboxylic acids is 1. The topological polar surface area (TPSA) is 62.7 Å². The fraction of sp³-hybridized carbons (Fsp3) is 0.846. The highest BCUT2D eigenvalue weighted by molar-refractivity contribution is 5.84. The lowest BCUT2D eigenvalue weighted by Crippen LogP contribution is -2.42. The van der Waals surface area contributed by atoms with Crippen LogP contribution in [0.4, 0.5) is 0 Å². The summed E-state index contributed by atoms with van der Waals surface area (Å²) < 4.78 is 5.19. The molecule has 0 aromatic heterocycles. The van der Waals surface area contributed by atoms with Crippen LogP contribution in [0.5, 0.6) is 0 Å². The van der Waals surface area contributed by atoms with Crippen LogP contribution in [0, 0.1) is 0 Å². The number of hydrogen-bond acceptors (Lipinski definition) is 3. The Kier molecular flexibility index (Phi) is 8.16. The molecule has 106 valence electrons. The number of carbonyl (C=O) groups is 1. The Morgan fingerprint density at radius 1 is 1.22 bits per heavy atom. The Bertz CT molecular complexity index is 270. The van der Waals surface area contributed by atoms with E-state index in [-0.39, 0.29) is 12.5 Å². The van der Waals surface area contributed by atoms with E-state index in [1.54, 1.807) is 7.05 Å². The van der Waals surface area contributed by atoms with Crippen LogP contribution in [0.1, 0.15) is 47.0 Å². The Morgan fingerprint density at radius 2 is 1.89 bits per heavy atom. The first kappa shape index (κ1) is 16.7. The van der Waals surface area contributed by atoms with Crippen molar-refractivity contribution < 1.29 is 9.53 Å². The fourth-order valence-corrected chi connectivity index (χ4v) is 1.34. The highest BCUT2D eigenvalue weighted by Gasteiger charge is 2.16. The molecule has 0 heterocycles. The molecule has 0 aliphatic heterocycles. The summed E-state index contributed by atoms with van der Waals surface area (Å²) in [6, 6.07) is 0. The lowest BCUT2D eigenvalue weighted by molar-refractivity contribution is -0.153. The number of nitrogens with zero attached hydrogens (tertiary/aromatic N) is 1. The molecule has 0 bridgehead atoms. The fourth-order valence-electron chi connectivity index (χ4n) is 1.34. The standard InChI is InChI=1S/C13H27N3O2/c1-6-7-8-9-15-12(14-5)16-10-11(17)18-13(2,3)4/h6-10H2,1-5H3,(H2,14,15,16). The minimum Gasteiger partial charge on any atom is -0.459 e. The van der Waals surface area contributed by atoms with E-state index in [1.807, 2.05) is 20.8 Å². The molecule has 5 nitrogen and oxygen atoms in total. The van der Waals surface area contributed by atoms with Crippen molar-refractivity contribution in [3.63, 3.8) is 0 Å². The van der Waals surface area contributed by atoms with Gasteiger partial charge in [0.1, 0.15) is 12.1 Å². The summed E-state index contributed by atoms with van der Waals surface area (Å²) in [5, 5.41) is 6.09. The molecule has 0 aromatic rings. The first-order valence-corrected chi connectivity index (χ1v) is 6.55. The van der Waals surface area contributed by atoms with Gasteiger partial charge < -0.3 is 15.4 Å². The van der Waals surface area contributed by atoms with E-state index in [2.05, 4.69) is 22.5 Å².